The van der Waals surface area contributed by atoms with Crippen LogP contribution in [0, 0.1) is 0 Å². The molecule has 2 rings (SSSR count). The lowest BCUT2D eigenvalue weighted by atomic mass is 10.2. The Bertz CT molecular complexity index is 229. The summed E-state index contributed by atoms with van der Waals surface area (Å²) in [7, 11) is 0. The molecule has 0 radical (unpaired) electrons. The van der Waals surface area contributed by atoms with Crippen molar-refractivity contribution in [1.82, 2.24) is 9.55 Å². The van der Waals surface area contributed by atoms with Crippen LogP contribution >= 0.6 is 0 Å². The Morgan fingerprint density at radius 1 is 1.70 bits per heavy atom. The molecule has 0 aliphatic carbocycles. The van der Waals surface area contributed by atoms with Gasteiger partial charge in [0.1, 0.15) is 0 Å². The first-order valence-electron chi connectivity index (χ1n) is 3.24. The van der Waals surface area contributed by atoms with E-state index in [9.17, 15) is 0 Å². The monoisotopic (exact) mass is 139 g/mol. The number of imidazole rings is 1. The van der Waals surface area contributed by atoms with E-state index < -0.39 is 0 Å². The molecule has 2 heterocycles. The third kappa shape index (κ3) is 0.690. The predicted octanol–water partition coefficient (Wildman–Crippen LogP) is 0.0366. The normalized spacial score (nSPS) is 18.8. The molecule has 1 aliphatic heterocycles. The third-order valence-electron chi connectivity index (χ3n) is 1.71. The fourth-order valence-corrected chi connectivity index (χ4v) is 1.02. The van der Waals surface area contributed by atoms with Crippen LogP contribution in [-0.2, 0) is 4.74 Å². The van der Waals surface area contributed by atoms with Gasteiger partial charge in [-0.15, -0.1) is 0 Å². The van der Waals surface area contributed by atoms with Crippen molar-refractivity contribution in [3.8, 4) is 0 Å². The van der Waals surface area contributed by atoms with Gasteiger partial charge in [0.15, 0.2) is 0 Å². The molecule has 4 nitrogen and oxygen atoms in total. The lowest BCUT2D eigenvalue weighted by Gasteiger charge is -2.27. The van der Waals surface area contributed by atoms with Gasteiger partial charge >= 0.3 is 0 Å². The maximum Gasteiger partial charge on any atom is 0.200 e. The van der Waals surface area contributed by atoms with Gasteiger partial charge in [0.05, 0.1) is 19.3 Å². The van der Waals surface area contributed by atoms with Crippen LogP contribution in [0.3, 0.4) is 0 Å². The molecule has 1 aliphatic rings. The number of nitrogens with zero attached hydrogens (tertiary/aromatic N) is 2. The van der Waals surface area contributed by atoms with Gasteiger partial charge in [-0.2, -0.15) is 0 Å². The van der Waals surface area contributed by atoms with Gasteiger partial charge in [-0.1, -0.05) is 0 Å². The Hall–Kier alpha value is -1.03. The molecule has 10 heavy (non-hydrogen) atoms. The second kappa shape index (κ2) is 1.98. The Morgan fingerprint density at radius 3 is 2.90 bits per heavy atom. The molecule has 1 aromatic rings. The second-order valence-corrected chi connectivity index (χ2v) is 2.38. The fraction of sp³-hybridized carbons (Fsp3) is 0.500. The number of ether oxygens (including phenoxy) is 1. The largest absolute Gasteiger partial charge is 0.377 e. The molecular weight excluding hydrogens is 130 g/mol. The molecule has 1 aromatic heterocycles. The first-order valence-corrected chi connectivity index (χ1v) is 3.24. The van der Waals surface area contributed by atoms with Crippen LogP contribution in [0.2, 0.25) is 0 Å². The molecule has 4 heteroatoms. The average Bonchev–Trinajstić information content (AvgIpc) is 2.12. The smallest absolute Gasteiger partial charge is 0.200 e. The minimum absolute atomic E-state index is 0.419. The quantitative estimate of drug-likeness (QED) is 0.597. The maximum absolute atomic E-state index is 5.55. The summed E-state index contributed by atoms with van der Waals surface area (Å²) in [6, 6.07) is 0.419. The summed E-state index contributed by atoms with van der Waals surface area (Å²) in [6.45, 7) is 1.53. The first-order chi connectivity index (χ1) is 4.88. The van der Waals surface area contributed by atoms with Crippen molar-refractivity contribution in [2.45, 2.75) is 6.04 Å². The highest BCUT2D eigenvalue weighted by atomic mass is 16.5. The minimum atomic E-state index is 0.419. The molecule has 1 saturated heterocycles. The van der Waals surface area contributed by atoms with E-state index in [4.69, 9.17) is 10.5 Å². The van der Waals surface area contributed by atoms with E-state index in [1.807, 2.05) is 10.8 Å². The molecule has 0 aromatic carbocycles. The van der Waals surface area contributed by atoms with Crippen molar-refractivity contribution < 1.29 is 4.74 Å². The second-order valence-electron chi connectivity index (χ2n) is 2.38. The van der Waals surface area contributed by atoms with Crippen LogP contribution in [-0.4, -0.2) is 22.8 Å². The lowest BCUT2D eigenvalue weighted by molar-refractivity contribution is -0.0223. The molecule has 0 amide bonds. The summed E-state index contributed by atoms with van der Waals surface area (Å²) < 4.78 is 6.94. The van der Waals surface area contributed by atoms with Gasteiger partial charge in [-0.25, -0.2) is 4.98 Å². The molecule has 0 bridgehead atoms. The first kappa shape index (κ1) is 5.73. The zero-order valence-corrected chi connectivity index (χ0v) is 5.53. The molecule has 1 fully saturated rings. The minimum Gasteiger partial charge on any atom is -0.377 e. The molecule has 54 valence electrons. The SMILES string of the molecule is Nc1nccn1C1COC1. The molecular formula is C6H9N3O. The van der Waals surface area contributed by atoms with Gasteiger partial charge in [-0.3, -0.25) is 0 Å². The highest BCUT2D eigenvalue weighted by Gasteiger charge is 2.21. The predicted molar refractivity (Wildman–Crippen MR) is 36.5 cm³/mol. The number of nitrogen functional groups attached to an aromatic ring is 1. The molecule has 0 saturated carbocycles. The molecule has 0 atom stereocenters. The highest BCUT2D eigenvalue weighted by Crippen LogP contribution is 2.18. The van der Waals surface area contributed by atoms with Gasteiger partial charge in [0.2, 0.25) is 5.95 Å². The lowest BCUT2D eigenvalue weighted by Crippen LogP contribution is -2.30. The zero-order valence-electron chi connectivity index (χ0n) is 5.53. The van der Waals surface area contributed by atoms with Crippen molar-refractivity contribution >= 4 is 5.95 Å². The van der Waals surface area contributed by atoms with E-state index in [1.54, 1.807) is 6.20 Å². The van der Waals surface area contributed by atoms with Crippen molar-refractivity contribution in [2.24, 2.45) is 0 Å². The Morgan fingerprint density at radius 2 is 2.50 bits per heavy atom. The maximum atomic E-state index is 5.55. The number of aromatic nitrogens is 2. The third-order valence-corrected chi connectivity index (χ3v) is 1.71. The van der Waals surface area contributed by atoms with E-state index in [2.05, 4.69) is 4.98 Å². The molecule has 0 spiro atoms. The summed E-state index contributed by atoms with van der Waals surface area (Å²) in [5.74, 6) is 0.577. The molecule has 2 N–H and O–H groups in total. The van der Waals surface area contributed by atoms with Gasteiger partial charge in [0.25, 0.3) is 0 Å². The molecule has 0 unspecified atom stereocenters. The zero-order chi connectivity index (χ0) is 6.97. The van der Waals surface area contributed by atoms with E-state index in [1.165, 1.54) is 0 Å². The van der Waals surface area contributed by atoms with Crippen molar-refractivity contribution in [2.75, 3.05) is 18.9 Å². The Labute approximate surface area is 58.6 Å². The summed E-state index contributed by atoms with van der Waals surface area (Å²) in [5.41, 5.74) is 5.55. The standard InChI is InChI=1S/C6H9N3O/c7-6-8-1-2-9(6)5-3-10-4-5/h1-2,5H,3-4H2,(H2,7,8). The summed E-state index contributed by atoms with van der Waals surface area (Å²) in [6.07, 6.45) is 3.58. The van der Waals surface area contributed by atoms with Gasteiger partial charge in [0, 0.05) is 12.4 Å². The van der Waals surface area contributed by atoms with Crippen LogP contribution in [0.5, 0.6) is 0 Å². The van der Waals surface area contributed by atoms with Crippen LogP contribution in [0.25, 0.3) is 0 Å². The fourth-order valence-electron chi connectivity index (χ4n) is 1.02. The van der Waals surface area contributed by atoms with Gasteiger partial charge in [-0.05, 0) is 0 Å². The van der Waals surface area contributed by atoms with Crippen LogP contribution in [0.15, 0.2) is 12.4 Å². The van der Waals surface area contributed by atoms with Crippen molar-refractivity contribution in [3.63, 3.8) is 0 Å². The van der Waals surface area contributed by atoms with Crippen LogP contribution < -0.4 is 5.73 Å². The van der Waals surface area contributed by atoms with E-state index >= 15 is 0 Å². The number of hydrogen-bond acceptors (Lipinski definition) is 3. The number of nitrogens with two attached hydrogens (primary N) is 1. The Kier molecular flexibility index (Phi) is 1.14. The van der Waals surface area contributed by atoms with E-state index in [-0.39, 0.29) is 0 Å². The van der Waals surface area contributed by atoms with Gasteiger partial charge < -0.3 is 15.0 Å². The highest BCUT2D eigenvalue weighted by molar-refractivity contribution is 5.18. The summed E-state index contributed by atoms with van der Waals surface area (Å²) in [4.78, 5) is 3.90. The number of rotatable bonds is 1. The summed E-state index contributed by atoms with van der Waals surface area (Å²) in [5, 5.41) is 0. The van der Waals surface area contributed by atoms with Crippen LogP contribution in [0.1, 0.15) is 6.04 Å². The average molecular weight is 139 g/mol. The number of hydrogen-bond donors (Lipinski definition) is 1. The topological polar surface area (TPSA) is 53.1 Å². The van der Waals surface area contributed by atoms with Crippen LogP contribution in [0.4, 0.5) is 5.95 Å². The van der Waals surface area contributed by atoms with Crippen molar-refractivity contribution in [1.29, 1.82) is 0 Å². The number of anilines is 1. The Balaban J connectivity index is 2.23. The summed E-state index contributed by atoms with van der Waals surface area (Å²) >= 11 is 0. The van der Waals surface area contributed by atoms with E-state index in [0.29, 0.717) is 12.0 Å². The van der Waals surface area contributed by atoms with E-state index in [0.717, 1.165) is 13.2 Å². The van der Waals surface area contributed by atoms with Crippen molar-refractivity contribution in [3.05, 3.63) is 12.4 Å².